The van der Waals surface area contributed by atoms with E-state index in [0.717, 1.165) is 21.1 Å². The molecule has 0 spiro atoms. The summed E-state index contributed by atoms with van der Waals surface area (Å²) >= 11 is 3.17. The third kappa shape index (κ3) is 4.62. The fourth-order valence-electron chi connectivity index (χ4n) is 2.58. The quantitative estimate of drug-likeness (QED) is 0.479. The molecule has 0 radical (unpaired) electrons. The molecule has 0 bridgehead atoms. The Labute approximate surface area is 170 Å². The zero-order valence-electron chi connectivity index (χ0n) is 14.9. The molecule has 140 valence electrons. The molecule has 1 aromatic carbocycles. The number of pyridine rings is 1. The minimum absolute atomic E-state index is 0.151. The van der Waals surface area contributed by atoms with E-state index in [9.17, 15) is 4.79 Å². The van der Waals surface area contributed by atoms with E-state index in [2.05, 4.69) is 15.3 Å². The van der Waals surface area contributed by atoms with Gasteiger partial charge in [0.25, 0.3) is 5.91 Å². The van der Waals surface area contributed by atoms with E-state index in [0.29, 0.717) is 24.5 Å². The Morgan fingerprint density at radius 2 is 1.96 bits per heavy atom. The van der Waals surface area contributed by atoms with Gasteiger partial charge in [0.05, 0.1) is 12.2 Å². The highest BCUT2D eigenvalue weighted by atomic mass is 32.1. The molecule has 0 saturated heterocycles. The number of aromatic nitrogens is 2. The Hall–Kier alpha value is -3.03. The second kappa shape index (κ2) is 8.77. The Morgan fingerprint density at radius 3 is 2.79 bits per heavy atom. The first-order valence-electron chi connectivity index (χ1n) is 8.66. The largest absolute Gasteiger partial charge is 0.488 e. The second-order valence-electron chi connectivity index (χ2n) is 5.94. The molecule has 3 heterocycles. The average Bonchev–Trinajstić information content (AvgIpc) is 3.43. The summed E-state index contributed by atoms with van der Waals surface area (Å²) < 4.78 is 5.77. The molecule has 0 aliphatic heterocycles. The van der Waals surface area contributed by atoms with Gasteiger partial charge in [0.2, 0.25) is 0 Å². The maximum Gasteiger partial charge on any atom is 0.251 e. The van der Waals surface area contributed by atoms with Crippen molar-refractivity contribution in [3.8, 4) is 17.0 Å². The van der Waals surface area contributed by atoms with Crippen LogP contribution in [0.2, 0.25) is 0 Å². The van der Waals surface area contributed by atoms with Gasteiger partial charge in [-0.1, -0.05) is 12.1 Å². The number of hydrogen-bond donors (Lipinski definition) is 1. The van der Waals surface area contributed by atoms with Gasteiger partial charge in [0.1, 0.15) is 17.4 Å². The van der Waals surface area contributed by atoms with Gasteiger partial charge < -0.3 is 10.1 Å². The fourth-order valence-corrected chi connectivity index (χ4v) is 3.94. The SMILES string of the molecule is O=C(NCc1nc(-c2ccncc2)cs1)c1cccc(OCc2cccs2)c1. The van der Waals surface area contributed by atoms with Gasteiger partial charge in [-0.05, 0) is 41.8 Å². The van der Waals surface area contributed by atoms with Gasteiger partial charge in [0, 0.05) is 33.8 Å². The van der Waals surface area contributed by atoms with Crippen molar-refractivity contribution in [3.63, 3.8) is 0 Å². The zero-order valence-corrected chi connectivity index (χ0v) is 16.5. The van der Waals surface area contributed by atoms with E-state index in [1.54, 1.807) is 35.9 Å². The van der Waals surface area contributed by atoms with Crippen molar-refractivity contribution in [1.82, 2.24) is 15.3 Å². The summed E-state index contributed by atoms with van der Waals surface area (Å²) in [6.07, 6.45) is 3.48. The summed E-state index contributed by atoms with van der Waals surface area (Å²) in [5.74, 6) is 0.525. The summed E-state index contributed by atoms with van der Waals surface area (Å²) in [6, 6.07) is 15.1. The molecule has 4 rings (SSSR count). The third-order valence-corrected chi connectivity index (χ3v) is 5.68. The summed E-state index contributed by atoms with van der Waals surface area (Å²) in [7, 11) is 0. The van der Waals surface area contributed by atoms with Crippen molar-refractivity contribution in [2.75, 3.05) is 0 Å². The van der Waals surface area contributed by atoms with Gasteiger partial charge >= 0.3 is 0 Å². The fraction of sp³-hybridized carbons (Fsp3) is 0.0952. The van der Waals surface area contributed by atoms with Crippen molar-refractivity contribution in [2.45, 2.75) is 13.2 Å². The molecule has 0 aliphatic carbocycles. The van der Waals surface area contributed by atoms with E-state index in [1.807, 2.05) is 47.2 Å². The smallest absolute Gasteiger partial charge is 0.251 e. The van der Waals surface area contributed by atoms with E-state index in [-0.39, 0.29) is 5.91 Å². The van der Waals surface area contributed by atoms with E-state index >= 15 is 0 Å². The lowest BCUT2D eigenvalue weighted by molar-refractivity contribution is 0.0950. The monoisotopic (exact) mass is 407 g/mol. The molecular formula is C21H17N3O2S2. The molecule has 1 amide bonds. The molecule has 0 atom stereocenters. The first kappa shape index (κ1) is 18.3. The van der Waals surface area contributed by atoms with Gasteiger partial charge in [0.15, 0.2) is 0 Å². The van der Waals surface area contributed by atoms with Crippen molar-refractivity contribution < 1.29 is 9.53 Å². The van der Waals surface area contributed by atoms with Crippen LogP contribution in [0.5, 0.6) is 5.75 Å². The number of thiazole rings is 1. The van der Waals surface area contributed by atoms with Crippen LogP contribution in [0.3, 0.4) is 0 Å². The van der Waals surface area contributed by atoms with Crippen LogP contribution in [0.15, 0.2) is 71.7 Å². The minimum atomic E-state index is -0.151. The predicted molar refractivity (Wildman–Crippen MR) is 112 cm³/mol. The summed E-state index contributed by atoms with van der Waals surface area (Å²) in [6.45, 7) is 0.883. The normalized spacial score (nSPS) is 10.6. The molecule has 0 fully saturated rings. The first-order valence-corrected chi connectivity index (χ1v) is 10.4. The molecule has 5 nitrogen and oxygen atoms in total. The van der Waals surface area contributed by atoms with Crippen LogP contribution >= 0.6 is 22.7 Å². The van der Waals surface area contributed by atoms with Crippen LogP contribution in [0.1, 0.15) is 20.2 Å². The van der Waals surface area contributed by atoms with Gasteiger partial charge in [-0.15, -0.1) is 22.7 Å². The number of benzene rings is 1. The maximum atomic E-state index is 12.5. The molecule has 7 heteroatoms. The minimum Gasteiger partial charge on any atom is -0.488 e. The predicted octanol–water partition coefficient (Wildman–Crippen LogP) is 4.78. The van der Waals surface area contributed by atoms with Crippen LogP contribution in [-0.2, 0) is 13.2 Å². The van der Waals surface area contributed by atoms with E-state index in [4.69, 9.17) is 4.74 Å². The summed E-state index contributed by atoms with van der Waals surface area (Å²) in [5, 5.41) is 7.77. The number of carbonyl (C=O) groups excluding carboxylic acids is 1. The Bertz CT molecular complexity index is 1050. The third-order valence-electron chi connectivity index (χ3n) is 3.99. The van der Waals surface area contributed by atoms with Crippen LogP contribution in [-0.4, -0.2) is 15.9 Å². The molecule has 0 aliphatic rings. The number of nitrogens with one attached hydrogen (secondary N) is 1. The van der Waals surface area contributed by atoms with Crippen LogP contribution < -0.4 is 10.1 Å². The molecule has 0 unspecified atom stereocenters. The lowest BCUT2D eigenvalue weighted by atomic mass is 10.2. The van der Waals surface area contributed by atoms with Crippen molar-refractivity contribution in [3.05, 3.63) is 87.1 Å². The summed E-state index contributed by atoms with van der Waals surface area (Å²) in [5.41, 5.74) is 2.47. The van der Waals surface area contributed by atoms with E-state index in [1.165, 1.54) is 11.3 Å². The van der Waals surface area contributed by atoms with Gasteiger partial charge in [-0.25, -0.2) is 4.98 Å². The Kier molecular flexibility index (Phi) is 5.75. The average molecular weight is 408 g/mol. The van der Waals surface area contributed by atoms with Gasteiger partial charge in [-0.2, -0.15) is 0 Å². The molecule has 1 N–H and O–H groups in total. The van der Waals surface area contributed by atoms with Crippen LogP contribution in [0.25, 0.3) is 11.3 Å². The second-order valence-corrected chi connectivity index (χ2v) is 7.92. The highest BCUT2D eigenvalue weighted by Crippen LogP contribution is 2.21. The Morgan fingerprint density at radius 1 is 1.07 bits per heavy atom. The Balaban J connectivity index is 1.35. The highest BCUT2D eigenvalue weighted by Gasteiger charge is 2.09. The lowest BCUT2D eigenvalue weighted by Crippen LogP contribution is -2.22. The molecule has 28 heavy (non-hydrogen) atoms. The topological polar surface area (TPSA) is 64.1 Å². The highest BCUT2D eigenvalue weighted by molar-refractivity contribution is 7.10. The number of ether oxygens (including phenoxy) is 1. The molecule has 4 aromatic rings. The number of carbonyl (C=O) groups is 1. The lowest BCUT2D eigenvalue weighted by Gasteiger charge is -2.07. The number of thiophene rings is 1. The standard InChI is InChI=1S/C21H17N3O2S2/c25-21(16-3-1-4-17(11-16)26-13-18-5-2-10-27-18)23-12-20-24-19(14-28-20)15-6-8-22-9-7-15/h1-11,14H,12-13H2,(H,23,25). The number of nitrogens with zero attached hydrogens (tertiary/aromatic N) is 2. The molecular weight excluding hydrogens is 390 g/mol. The van der Waals surface area contributed by atoms with E-state index < -0.39 is 0 Å². The number of amides is 1. The first-order chi connectivity index (χ1) is 13.8. The van der Waals surface area contributed by atoms with Gasteiger partial charge in [-0.3, -0.25) is 9.78 Å². The number of rotatable bonds is 7. The maximum absolute atomic E-state index is 12.5. The molecule has 0 saturated carbocycles. The zero-order chi connectivity index (χ0) is 19.2. The van der Waals surface area contributed by atoms with Crippen molar-refractivity contribution in [2.24, 2.45) is 0 Å². The number of hydrogen-bond acceptors (Lipinski definition) is 6. The van der Waals surface area contributed by atoms with Crippen molar-refractivity contribution >= 4 is 28.6 Å². The molecule has 3 aromatic heterocycles. The summed E-state index contributed by atoms with van der Waals surface area (Å²) in [4.78, 5) is 22.2. The van der Waals surface area contributed by atoms with Crippen molar-refractivity contribution in [1.29, 1.82) is 0 Å². The van der Waals surface area contributed by atoms with Crippen LogP contribution in [0.4, 0.5) is 0 Å². The van der Waals surface area contributed by atoms with Crippen LogP contribution in [0, 0.1) is 0 Å².